The third kappa shape index (κ3) is 10.8. The molecule has 0 radical (unpaired) electrons. The van der Waals surface area contributed by atoms with E-state index in [0.717, 1.165) is 76.1 Å². The predicted molar refractivity (Wildman–Crippen MR) is 133 cm³/mol. The molecule has 7 nitrogen and oxygen atoms in total. The van der Waals surface area contributed by atoms with Gasteiger partial charge in [0.05, 0.1) is 32.0 Å². The Morgan fingerprint density at radius 3 is 2.70 bits per heavy atom. The Labute approximate surface area is 198 Å². The maximum Gasteiger partial charge on any atom is 0.191 e. The van der Waals surface area contributed by atoms with Crippen LogP contribution in [0.1, 0.15) is 45.3 Å². The van der Waals surface area contributed by atoms with E-state index < -0.39 is 6.10 Å². The Morgan fingerprint density at radius 2 is 2.00 bits per heavy atom. The van der Waals surface area contributed by atoms with Crippen LogP contribution in [-0.4, -0.2) is 74.6 Å². The first-order valence-electron chi connectivity index (χ1n) is 10.9. The molecule has 1 atom stereocenters. The second-order valence-corrected chi connectivity index (χ2v) is 7.56. The van der Waals surface area contributed by atoms with Crippen LogP contribution in [0.5, 0.6) is 5.75 Å². The summed E-state index contributed by atoms with van der Waals surface area (Å²) in [6.45, 7) is 12.9. The molecule has 1 aromatic rings. The minimum absolute atomic E-state index is 0. The number of nitrogens with zero attached hydrogens (tertiary/aromatic N) is 2. The highest BCUT2D eigenvalue weighted by Gasteiger charge is 2.10. The van der Waals surface area contributed by atoms with Gasteiger partial charge in [0.1, 0.15) is 5.75 Å². The molecular weight excluding hydrogens is 495 g/mol. The molecule has 1 saturated heterocycles. The number of hydrogen-bond acceptors (Lipinski definition) is 5. The summed E-state index contributed by atoms with van der Waals surface area (Å²) in [5.74, 6) is 1.51. The van der Waals surface area contributed by atoms with Gasteiger partial charge in [0.25, 0.3) is 0 Å². The average molecular weight is 534 g/mol. The summed E-state index contributed by atoms with van der Waals surface area (Å²) >= 11 is 0. The van der Waals surface area contributed by atoms with Gasteiger partial charge in [0, 0.05) is 26.2 Å². The Kier molecular flexibility index (Phi) is 14.1. The molecule has 0 amide bonds. The molecule has 1 heterocycles. The monoisotopic (exact) mass is 534 g/mol. The Hall–Kier alpha value is -1.10. The largest absolute Gasteiger partial charge is 0.491 e. The molecule has 1 aliphatic heterocycles. The molecule has 0 aromatic heterocycles. The second-order valence-electron chi connectivity index (χ2n) is 7.56. The lowest BCUT2D eigenvalue weighted by Crippen LogP contribution is -2.39. The van der Waals surface area contributed by atoms with Crippen molar-refractivity contribution in [3.8, 4) is 5.75 Å². The van der Waals surface area contributed by atoms with Gasteiger partial charge in [-0.2, -0.15) is 0 Å². The van der Waals surface area contributed by atoms with E-state index >= 15 is 0 Å². The maximum atomic E-state index is 10.5. The number of guanidine groups is 1. The molecular formula is C22H39IN4O3. The van der Waals surface area contributed by atoms with Crippen molar-refractivity contribution in [3.05, 3.63) is 29.8 Å². The van der Waals surface area contributed by atoms with Gasteiger partial charge in [0.2, 0.25) is 0 Å². The van der Waals surface area contributed by atoms with Crippen molar-refractivity contribution in [1.82, 2.24) is 15.5 Å². The fourth-order valence-electron chi connectivity index (χ4n) is 3.18. The second kappa shape index (κ2) is 15.7. The number of hydrogen-bond donors (Lipinski definition) is 3. The molecule has 3 N–H and O–H groups in total. The third-order valence-electron chi connectivity index (χ3n) is 4.68. The Balaban J connectivity index is 0.00000450. The van der Waals surface area contributed by atoms with E-state index in [1.165, 1.54) is 0 Å². The highest BCUT2D eigenvalue weighted by atomic mass is 127. The van der Waals surface area contributed by atoms with Crippen LogP contribution >= 0.6 is 24.0 Å². The quantitative estimate of drug-likeness (QED) is 0.176. The zero-order valence-corrected chi connectivity index (χ0v) is 20.9. The molecule has 1 aliphatic rings. The van der Waals surface area contributed by atoms with E-state index in [0.29, 0.717) is 6.54 Å². The van der Waals surface area contributed by atoms with Crippen LogP contribution in [0.3, 0.4) is 0 Å². The van der Waals surface area contributed by atoms with E-state index in [9.17, 15) is 5.11 Å². The number of aliphatic imine (C=N–C) groups is 1. The van der Waals surface area contributed by atoms with Gasteiger partial charge in [-0.25, -0.2) is 0 Å². The van der Waals surface area contributed by atoms with Crippen LogP contribution in [0.4, 0.5) is 0 Å². The van der Waals surface area contributed by atoms with Crippen LogP contribution in [0, 0.1) is 0 Å². The topological polar surface area (TPSA) is 78.4 Å². The summed E-state index contributed by atoms with van der Waals surface area (Å²) < 4.78 is 11.1. The lowest BCUT2D eigenvalue weighted by Gasteiger charge is -2.26. The molecule has 0 saturated carbocycles. The smallest absolute Gasteiger partial charge is 0.191 e. The third-order valence-corrected chi connectivity index (χ3v) is 4.68. The van der Waals surface area contributed by atoms with Crippen molar-refractivity contribution in [2.24, 2.45) is 4.99 Å². The number of ether oxygens (including phenoxy) is 2. The molecule has 30 heavy (non-hydrogen) atoms. The van der Waals surface area contributed by atoms with Crippen LogP contribution in [-0.2, 0) is 4.74 Å². The summed E-state index contributed by atoms with van der Waals surface area (Å²) in [6, 6.07) is 7.59. The summed E-state index contributed by atoms with van der Waals surface area (Å²) in [5.41, 5.74) is 0.813. The summed E-state index contributed by atoms with van der Waals surface area (Å²) in [7, 11) is 0. The molecule has 1 unspecified atom stereocenters. The van der Waals surface area contributed by atoms with Gasteiger partial charge in [-0.3, -0.25) is 9.89 Å². The number of halogens is 1. The van der Waals surface area contributed by atoms with E-state index in [4.69, 9.17) is 9.47 Å². The first-order chi connectivity index (χ1) is 14.1. The number of morpholine rings is 1. The lowest BCUT2D eigenvalue weighted by atomic mass is 10.1. The standard InChI is InChI=1S/C22H38N4O3.HI/c1-4-23-22(24-10-5-6-11-26-12-14-28-15-13-26)25-17-21(27)19-8-7-9-20(16-19)29-18(2)3;/h7-9,16,18,21,27H,4-6,10-15,17H2,1-3H3,(H2,23,24,25);1H. The van der Waals surface area contributed by atoms with Crippen LogP contribution < -0.4 is 15.4 Å². The molecule has 1 fully saturated rings. The summed E-state index contributed by atoms with van der Waals surface area (Å²) in [6.07, 6.45) is 1.67. The van der Waals surface area contributed by atoms with E-state index in [-0.39, 0.29) is 30.1 Å². The van der Waals surface area contributed by atoms with Gasteiger partial charge in [0.15, 0.2) is 5.96 Å². The van der Waals surface area contributed by atoms with Gasteiger partial charge < -0.3 is 25.2 Å². The Morgan fingerprint density at radius 1 is 1.23 bits per heavy atom. The van der Waals surface area contributed by atoms with Crippen molar-refractivity contribution >= 4 is 29.9 Å². The number of aliphatic hydroxyl groups excluding tert-OH is 1. The number of nitrogens with one attached hydrogen (secondary N) is 2. The molecule has 0 aliphatic carbocycles. The first kappa shape index (κ1) is 26.9. The summed E-state index contributed by atoms with van der Waals surface area (Å²) in [5, 5.41) is 17.1. The average Bonchev–Trinajstić information content (AvgIpc) is 2.72. The maximum absolute atomic E-state index is 10.5. The first-order valence-corrected chi connectivity index (χ1v) is 10.9. The minimum Gasteiger partial charge on any atom is -0.491 e. The van der Waals surface area contributed by atoms with Crippen molar-refractivity contribution in [2.45, 2.75) is 45.8 Å². The molecule has 2 rings (SSSR count). The van der Waals surface area contributed by atoms with E-state index in [1.54, 1.807) is 0 Å². The van der Waals surface area contributed by atoms with Crippen molar-refractivity contribution in [3.63, 3.8) is 0 Å². The molecule has 8 heteroatoms. The van der Waals surface area contributed by atoms with Gasteiger partial charge in [-0.1, -0.05) is 12.1 Å². The van der Waals surface area contributed by atoms with Gasteiger partial charge >= 0.3 is 0 Å². The van der Waals surface area contributed by atoms with Crippen molar-refractivity contribution in [2.75, 3.05) is 52.5 Å². The zero-order valence-electron chi connectivity index (χ0n) is 18.6. The van der Waals surface area contributed by atoms with Gasteiger partial charge in [-0.15, -0.1) is 24.0 Å². The molecule has 172 valence electrons. The fraction of sp³-hybridized carbons (Fsp3) is 0.682. The van der Waals surface area contributed by atoms with Crippen LogP contribution in [0.2, 0.25) is 0 Å². The lowest BCUT2D eigenvalue weighted by molar-refractivity contribution is 0.0372. The molecule has 0 spiro atoms. The summed E-state index contributed by atoms with van der Waals surface area (Å²) in [4.78, 5) is 7.00. The van der Waals surface area contributed by atoms with Gasteiger partial charge in [-0.05, 0) is 57.9 Å². The van der Waals surface area contributed by atoms with Crippen LogP contribution in [0.25, 0.3) is 0 Å². The number of benzene rings is 1. The van der Waals surface area contributed by atoms with E-state index in [2.05, 4.69) is 20.5 Å². The molecule has 0 bridgehead atoms. The molecule has 1 aromatic carbocycles. The Bertz CT molecular complexity index is 610. The predicted octanol–water partition coefficient (Wildman–Crippen LogP) is 2.79. The van der Waals surface area contributed by atoms with Crippen LogP contribution in [0.15, 0.2) is 29.3 Å². The number of rotatable bonds is 11. The SMILES string of the molecule is CCNC(=NCC(O)c1cccc(OC(C)C)c1)NCCCCN1CCOCC1.I. The fourth-order valence-corrected chi connectivity index (χ4v) is 3.18. The number of aliphatic hydroxyl groups is 1. The highest BCUT2D eigenvalue weighted by Crippen LogP contribution is 2.20. The van der Waals surface area contributed by atoms with E-state index in [1.807, 2.05) is 45.0 Å². The van der Waals surface area contributed by atoms with Crippen molar-refractivity contribution in [1.29, 1.82) is 0 Å². The zero-order chi connectivity index (χ0) is 20.9. The van der Waals surface area contributed by atoms with Crippen molar-refractivity contribution < 1.29 is 14.6 Å². The normalized spacial score (nSPS) is 16.1. The highest BCUT2D eigenvalue weighted by molar-refractivity contribution is 14.0. The minimum atomic E-state index is -0.664. The number of unbranched alkanes of at least 4 members (excludes halogenated alkanes) is 1.